The molecule has 0 aliphatic heterocycles. The molecule has 1 aromatic heterocycles. The fourth-order valence-electron chi connectivity index (χ4n) is 7.11. The lowest BCUT2D eigenvalue weighted by molar-refractivity contribution is -0.00705. The highest BCUT2D eigenvalue weighted by Crippen LogP contribution is 2.64. The number of rotatable bonds is 3. The first-order valence-electron chi connectivity index (χ1n) is 11.2. The summed E-state index contributed by atoms with van der Waals surface area (Å²) in [5.41, 5.74) is 5.13. The molecule has 0 spiro atoms. The van der Waals surface area contributed by atoms with Gasteiger partial charge in [0.1, 0.15) is 0 Å². The van der Waals surface area contributed by atoms with E-state index >= 15 is 0 Å². The summed E-state index contributed by atoms with van der Waals surface area (Å²) in [6.45, 7) is 14.5. The molecular formula is C26H37N. The monoisotopic (exact) mass is 363 g/mol. The van der Waals surface area contributed by atoms with E-state index in [0.717, 1.165) is 23.7 Å². The van der Waals surface area contributed by atoms with E-state index < -0.39 is 0 Å². The molecule has 2 saturated carbocycles. The van der Waals surface area contributed by atoms with E-state index in [0.29, 0.717) is 10.8 Å². The van der Waals surface area contributed by atoms with Gasteiger partial charge >= 0.3 is 0 Å². The van der Waals surface area contributed by atoms with E-state index in [2.05, 4.69) is 63.7 Å². The molecule has 1 nitrogen and oxygen atoms in total. The third kappa shape index (κ3) is 2.93. The molecule has 0 amide bonds. The van der Waals surface area contributed by atoms with Crippen LogP contribution in [0.15, 0.2) is 42.8 Å². The van der Waals surface area contributed by atoms with Gasteiger partial charge in [-0.05, 0) is 90.2 Å². The van der Waals surface area contributed by atoms with Gasteiger partial charge in [-0.1, -0.05) is 58.4 Å². The Morgan fingerprint density at radius 1 is 1.15 bits per heavy atom. The number of hydrogen-bond acceptors (Lipinski definition) is 1. The van der Waals surface area contributed by atoms with Crippen LogP contribution >= 0.6 is 0 Å². The Morgan fingerprint density at radius 2 is 1.93 bits per heavy atom. The minimum Gasteiger partial charge on any atom is -0.264 e. The van der Waals surface area contributed by atoms with Gasteiger partial charge in [0.15, 0.2) is 0 Å². The van der Waals surface area contributed by atoms with Crippen LogP contribution in [0.2, 0.25) is 0 Å². The Morgan fingerprint density at radius 3 is 2.59 bits per heavy atom. The molecule has 0 saturated heterocycles. The van der Waals surface area contributed by atoms with Crippen LogP contribution < -0.4 is 0 Å². The number of nitrogens with zero attached hydrogens (tertiary/aromatic N) is 1. The zero-order valence-electron chi connectivity index (χ0n) is 17.8. The fourth-order valence-corrected chi connectivity index (χ4v) is 7.11. The minimum atomic E-state index is 0.319. The molecule has 4 rings (SSSR count). The lowest BCUT2D eigenvalue weighted by Gasteiger charge is -2.55. The van der Waals surface area contributed by atoms with Gasteiger partial charge in [0.25, 0.3) is 0 Å². The van der Waals surface area contributed by atoms with Crippen LogP contribution in [0.1, 0.15) is 78.2 Å². The van der Waals surface area contributed by atoms with Crippen molar-refractivity contribution in [2.45, 2.75) is 72.6 Å². The Hall–Kier alpha value is -1.37. The van der Waals surface area contributed by atoms with E-state index in [4.69, 9.17) is 0 Å². The summed E-state index contributed by atoms with van der Waals surface area (Å²) >= 11 is 0. The highest BCUT2D eigenvalue weighted by Gasteiger charge is 2.54. The molecular weight excluding hydrogens is 326 g/mol. The van der Waals surface area contributed by atoms with Crippen LogP contribution in [-0.4, -0.2) is 4.98 Å². The maximum Gasteiger partial charge on any atom is 0.0343 e. The SMILES string of the molecule is C=C1CC(C)CCC1(C)C1CCC2(C)C(c3cccnc3)=CCC2C1CC. The molecule has 1 heteroatoms. The van der Waals surface area contributed by atoms with Crippen molar-refractivity contribution in [1.82, 2.24) is 4.98 Å². The van der Waals surface area contributed by atoms with E-state index in [9.17, 15) is 0 Å². The summed E-state index contributed by atoms with van der Waals surface area (Å²) < 4.78 is 0. The molecule has 6 atom stereocenters. The van der Waals surface area contributed by atoms with Crippen molar-refractivity contribution in [3.05, 3.63) is 48.3 Å². The van der Waals surface area contributed by atoms with Crippen molar-refractivity contribution in [2.75, 3.05) is 0 Å². The topological polar surface area (TPSA) is 12.9 Å². The highest BCUT2D eigenvalue weighted by molar-refractivity contribution is 5.72. The van der Waals surface area contributed by atoms with E-state index in [1.165, 1.54) is 50.5 Å². The van der Waals surface area contributed by atoms with Gasteiger partial charge in [0, 0.05) is 12.4 Å². The molecule has 0 aromatic carbocycles. The Labute approximate surface area is 166 Å². The molecule has 6 unspecified atom stereocenters. The molecule has 3 aliphatic rings. The maximum atomic E-state index is 4.61. The van der Waals surface area contributed by atoms with Crippen LogP contribution in [0.25, 0.3) is 5.57 Å². The van der Waals surface area contributed by atoms with Crippen molar-refractivity contribution in [3.63, 3.8) is 0 Å². The summed E-state index contributed by atoms with van der Waals surface area (Å²) in [5, 5.41) is 0. The fraction of sp³-hybridized carbons (Fsp3) is 0.654. The molecule has 0 radical (unpaired) electrons. The first-order chi connectivity index (χ1) is 12.9. The van der Waals surface area contributed by atoms with Gasteiger partial charge in [0.2, 0.25) is 0 Å². The lowest BCUT2D eigenvalue weighted by Crippen LogP contribution is -2.47. The number of pyridine rings is 1. The van der Waals surface area contributed by atoms with E-state index in [-0.39, 0.29) is 0 Å². The van der Waals surface area contributed by atoms with Crippen LogP contribution in [0.5, 0.6) is 0 Å². The Bertz CT molecular complexity index is 732. The van der Waals surface area contributed by atoms with Crippen LogP contribution in [0.3, 0.4) is 0 Å². The summed E-state index contributed by atoms with van der Waals surface area (Å²) in [6.07, 6.45) is 15.7. The zero-order valence-corrected chi connectivity index (χ0v) is 17.8. The highest BCUT2D eigenvalue weighted by atomic mass is 14.6. The van der Waals surface area contributed by atoms with Gasteiger partial charge in [-0.3, -0.25) is 4.98 Å². The summed E-state index contributed by atoms with van der Waals surface area (Å²) in [5.74, 6) is 3.22. The van der Waals surface area contributed by atoms with Gasteiger partial charge in [0.05, 0.1) is 0 Å². The van der Waals surface area contributed by atoms with Crippen molar-refractivity contribution >= 4 is 5.57 Å². The Balaban J connectivity index is 1.63. The number of aromatic nitrogens is 1. The molecule has 2 fully saturated rings. The number of allylic oxidation sites excluding steroid dienone is 3. The molecule has 1 aromatic rings. The van der Waals surface area contributed by atoms with Crippen LogP contribution in [0.4, 0.5) is 0 Å². The molecule has 0 bridgehead atoms. The van der Waals surface area contributed by atoms with Crippen molar-refractivity contribution in [3.8, 4) is 0 Å². The van der Waals surface area contributed by atoms with Crippen LogP contribution in [0, 0.1) is 34.5 Å². The average molecular weight is 364 g/mol. The summed E-state index contributed by atoms with van der Waals surface area (Å²) in [6, 6.07) is 4.34. The molecule has 0 N–H and O–H groups in total. The second-order valence-corrected chi connectivity index (χ2v) is 10.2. The van der Waals surface area contributed by atoms with Gasteiger partial charge in [-0.15, -0.1) is 0 Å². The summed E-state index contributed by atoms with van der Waals surface area (Å²) in [4.78, 5) is 4.40. The normalized spacial score (nSPS) is 41.9. The minimum absolute atomic E-state index is 0.319. The third-order valence-corrected chi connectivity index (χ3v) is 8.84. The zero-order chi connectivity index (χ0) is 19.2. The smallest absolute Gasteiger partial charge is 0.0343 e. The van der Waals surface area contributed by atoms with E-state index in [1.54, 1.807) is 11.1 Å². The quantitative estimate of drug-likeness (QED) is 0.513. The number of fused-ring (bicyclic) bond motifs is 1. The standard InChI is InChI=1S/C26H37N/c1-6-21-23-10-9-22(20-8-7-15-27-17-20)26(23,5)14-12-24(21)25(4)13-11-18(2)16-19(25)3/h7-9,15,17-18,21,23-24H,3,6,10-14,16H2,1-2,4-5H3. The molecule has 3 aliphatic carbocycles. The van der Waals surface area contributed by atoms with E-state index in [1.807, 2.05) is 6.20 Å². The van der Waals surface area contributed by atoms with Gasteiger partial charge in [-0.2, -0.15) is 0 Å². The molecule has 146 valence electrons. The van der Waals surface area contributed by atoms with Gasteiger partial charge in [-0.25, -0.2) is 0 Å². The number of hydrogen-bond donors (Lipinski definition) is 0. The molecule has 27 heavy (non-hydrogen) atoms. The average Bonchev–Trinajstić information content (AvgIpc) is 3.02. The summed E-state index contributed by atoms with van der Waals surface area (Å²) in [7, 11) is 0. The second-order valence-electron chi connectivity index (χ2n) is 10.2. The first kappa shape index (κ1) is 19.0. The van der Waals surface area contributed by atoms with Gasteiger partial charge < -0.3 is 0 Å². The first-order valence-corrected chi connectivity index (χ1v) is 11.2. The second kappa shape index (κ2) is 6.90. The lowest BCUT2D eigenvalue weighted by atomic mass is 9.49. The van der Waals surface area contributed by atoms with Crippen LogP contribution in [-0.2, 0) is 0 Å². The van der Waals surface area contributed by atoms with Crippen molar-refractivity contribution in [2.24, 2.45) is 34.5 Å². The van der Waals surface area contributed by atoms with Crippen molar-refractivity contribution in [1.29, 1.82) is 0 Å². The predicted molar refractivity (Wildman–Crippen MR) is 115 cm³/mol. The third-order valence-electron chi connectivity index (χ3n) is 8.84. The largest absolute Gasteiger partial charge is 0.264 e. The maximum absolute atomic E-state index is 4.61. The van der Waals surface area contributed by atoms with Crippen molar-refractivity contribution < 1.29 is 0 Å². The molecule has 1 heterocycles. The Kier molecular flexibility index (Phi) is 4.85. The predicted octanol–water partition coefficient (Wildman–Crippen LogP) is 7.31.